The van der Waals surface area contributed by atoms with Crippen molar-refractivity contribution in [3.63, 3.8) is 0 Å². The SMILES string of the molecule is CN1C(=O)CC(N2CCOC(C(=O)O)C2)C1=O. The van der Waals surface area contributed by atoms with E-state index in [9.17, 15) is 14.4 Å². The molecule has 2 heterocycles. The number of rotatable bonds is 2. The van der Waals surface area contributed by atoms with Crippen molar-refractivity contribution in [1.82, 2.24) is 9.80 Å². The van der Waals surface area contributed by atoms with E-state index >= 15 is 0 Å². The van der Waals surface area contributed by atoms with Crippen LogP contribution in [0, 0.1) is 0 Å². The molecule has 2 atom stereocenters. The van der Waals surface area contributed by atoms with Gasteiger partial charge in [-0.05, 0) is 0 Å². The van der Waals surface area contributed by atoms with Gasteiger partial charge in [0.05, 0.1) is 19.1 Å². The Balaban J connectivity index is 2.05. The van der Waals surface area contributed by atoms with Crippen LogP contribution in [0.2, 0.25) is 0 Å². The molecule has 0 aromatic carbocycles. The number of ether oxygens (including phenoxy) is 1. The Kier molecular flexibility index (Phi) is 3.12. The van der Waals surface area contributed by atoms with Crippen LogP contribution in [0.1, 0.15) is 6.42 Å². The summed E-state index contributed by atoms with van der Waals surface area (Å²) in [4.78, 5) is 36.8. The Bertz CT molecular complexity index is 370. The van der Waals surface area contributed by atoms with Gasteiger partial charge in [-0.3, -0.25) is 19.4 Å². The van der Waals surface area contributed by atoms with Crippen molar-refractivity contribution in [1.29, 1.82) is 0 Å². The summed E-state index contributed by atoms with van der Waals surface area (Å²) >= 11 is 0. The lowest BCUT2D eigenvalue weighted by Crippen LogP contribution is -2.52. The van der Waals surface area contributed by atoms with Crippen LogP contribution in [0.25, 0.3) is 0 Å². The maximum absolute atomic E-state index is 11.8. The summed E-state index contributed by atoms with van der Waals surface area (Å²) in [5.41, 5.74) is 0. The van der Waals surface area contributed by atoms with E-state index in [0.717, 1.165) is 4.90 Å². The zero-order chi connectivity index (χ0) is 12.6. The third-order valence-electron chi connectivity index (χ3n) is 3.17. The third-order valence-corrected chi connectivity index (χ3v) is 3.17. The molecule has 1 N–H and O–H groups in total. The molecule has 2 aliphatic heterocycles. The van der Waals surface area contributed by atoms with Gasteiger partial charge in [-0.25, -0.2) is 4.79 Å². The van der Waals surface area contributed by atoms with E-state index in [2.05, 4.69) is 0 Å². The van der Waals surface area contributed by atoms with Gasteiger partial charge in [-0.15, -0.1) is 0 Å². The summed E-state index contributed by atoms with van der Waals surface area (Å²) in [6, 6.07) is -0.529. The number of hydrogen-bond acceptors (Lipinski definition) is 5. The Hall–Kier alpha value is -1.47. The molecule has 2 amide bonds. The van der Waals surface area contributed by atoms with Crippen molar-refractivity contribution in [2.75, 3.05) is 26.7 Å². The fraction of sp³-hybridized carbons (Fsp3) is 0.700. The summed E-state index contributed by atoms with van der Waals surface area (Å²) in [5.74, 6) is -1.53. The monoisotopic (exact) mass is 242 g/mol. The Morgan fingerprint density at radius 2 is 2.18 bits per heavy atom. The predicted octanol–water partition coefficient (Wildman–Crippen LogP) is -1.47. The molecule has 7 nitrogen and oxygen atoms in total. The second-order valence-electron chi connectivity index (χ2n) is 4.20. The zero-order valence-electron chi connectivity index (χ0n) is 9.46. The van der Waals surface area contributed by atoms with Crippen LogP contribution >= 0.6 is 0 Å². The number of carboxylic acid groups (broad SMARTS) is 1. The zero-order valence-corrected chi connectivity index (χ0v) is 9.46. The molecule has 0 saturated carbocycles. The van der Waals surface area contributed by atoms with Gasteiger partial charge in [0.2, 0.25) is 11.8 Å². The number of nitrogens with zero attached hydrogens (tertiary/aromatic N) is 2. The molecule has 2 unspecified atom stereocenters. The average molecular weight is 242 g/mol. The highest BCUT2D eigenvalue weighted by atomic mass is 16.5. The summed E-state index contributed by atoms with van der Waals surface area (Å²) in [7, 11) is 1.44. The van der Waals surface area contributed by atoms with Gasteiger partial charge in [-0.2, -0.15) is 0 Å². The molecule has 0 spiro atoms. The fourth-order valence-corrected chi connectivity index (χ4v) is 2.12. The lowest BCUT2D eigenvalue weighted by Gasteiger charge is -2.33. The van der Waals surface area contributed by atoms with Gasteiger partial charge in [0.25, 0.3) is 0 Å². The second-order valence-corrected chi connectivity index (χ2v) is 4.20. The summed E-state index contributed by atoms with van der Waals surface area (Å²) in [5, 5.41) is 8.85. The largest absolute Gasteiger partial charge is 0.479 e. The maximum atomic E-state index is 11.8. The molecule has 0 bridgehead atoms. The molecule has 94 valence electrons. The summed E-state index contributed by atoms with van der Waals surface area (Å²) in [6.45, 7) is 0.882. The van der Waals surface area contributed by atoms with E-state index in [1.54, 1.807) is 4.90 Å². The Labute approximate surface area is 97.9 Å². The van der Waals surface area contributed by atoms with Crippen molar-refractivity contribution in [2.45, 2.75) is 18.6 Å². The highest BCUT2D eigenvalue weighted by Gasteiger charge is 2.42. The van der Waals surface area contributed by atoms with Gasteiger partial charge < -0.3 is 9.84 Å². The number of carbonyl (C=O) groups is 3. The van der Waals surface area contributed by atoms with Crippen LogP contribution in [0.4, 0.5) is 0 Å². The molecule has 0 aromatic heterocycles. The summed E-state index contributed by atoms with van der Waals surface area (Å²) in [6.07, 6.45) is -0.792. The Morgan fingerprint density at radius 3 is 2.71 bits per heavy atom. The van der Waals surface area contributed by atoms with E-state index in [4.69, 9.17) is 9.84 Å². The van der Waals surface area contributed by atoms with Gasteiger partial charge in [0, 0.05) is 20.1 Å². The van der Waals surface area contributed by atoms with Crippen LogP contribution in [0.5, 0.6) is 0 Å². The van der Waals surface area contributed by atoms with Crippen LogP contribution in [0.3, 0.4) is 0 Å². The molecule has 0 radical (unpaired) electrons. The summed E-state index contributed by atoms with van der Waals surface area (Å²) < 4.78 is 5.07. The van der Waals surface area contributed by atoms with Crippen LogP contribution < -0.4 is 0 Å². The van der Waals surface area contributed by atoms with E-state index in [1.165, 1.54) is 7.05 Å². The highest BCUT2D eigenvalue weighted by Crippen LogP contribution is 2.19. The average Bonchev–Trinajstić information content (AvgIpc) is 2.57. The molecule has 2 saturated heterocycles. The number of hydrogen-bond donors (Lipinski definition) is 1. The molecule has 0 aromatic rings. The standard InChI is InChI=1S/C10H14N2O5/c1-11-8(13)4-6(9(11)14)12-2-3-17-7(5-12)10(15)16/h6-7H,2-5H2,1H3,(H,15,16). The first-order valence-corrected chi connectivity index (χ1v) is 5.39. The topological polar surface area (TPSA) is 87.2 Å². The van der Waals surface area contributed by atoms with Crippen molar-refractivity contribution >= 4 is 17.8 Å². The van der Waals surface area contributed by atoms with Gasteiger partial charge in [0.1, 0.15) is 0 Å². The van der Waals surface area contributed by atoms with E-state index in [0.29, 0.717) is 6.54 Å². The number of aliphatic carboxylic acids is 1. The van der Waals surface area contributed by atoms with E-state index in [-0.39, 0.29) is 31.4 Å². The lowest BCUT2D eigenvalue weighted by molar-refractivity contribution is -0.158. The minimum absolute atomic E-state index is 0.127. The second kappa shape index (κ2) is 4.42. The van der Waals surface area contributed by atoms with Crippen LogP contribution in [-0.4, -0.2) is 71.6 Å². The minimum atomic E-state index is -1.04. The molecule has 2 aliphatic rings. The molecular formula is C10H14N2O5. The lowest BCUT2D eigenvalue weighted by atomic mass is 10.1. The Morgan fingerprint density at radius 1 is 1.47 bits per heavy atom. The number of carboxylic acids is 1. The molecule has 0 aliphatic carbocycles. The number of carbonyl (C=O) groups excluding carboxylic acids is 2. The first kappa shape index (κ1) is 12.0. The molecule has 7 heteroatoms. The quantitative estimate of drug-likeness (QED) is 0.595. The van der Waals surface area contributed by atoms with Gasteiger partial charge in [-0.1, -0.05) is 0 Å². The van der Waals surface area contributed by atoms with Crippen molar-refractivity contribution < 1.29 is 24.2 Å². The van der Waals surface area contributed by atoms with Crippen molar-refractivity contribution in [3.8, 4) is 0 Å². The first-order valence-electron chi connectivity index (χ1n) is 5.39. The molecule has 2 fully saturated rings. The van der Waals surface area contributed by atoms with Gasteiger partial charge >= 0.3 is 5.97 Å². The first-order chi connectivity index (χ1) is 8.00. The fourth-order valence-electron chi connectivity index (χ4n) is 2.12. The van der Waals surface area contributed by atoms with E-state index in [1.807, 2.05) is 0 Å². The molecular weight excluding hydrogens is 228 g/mol. The van der Waals surface area contributed by atoms with Gasteiger partial charge in [0.15, 0.2) is 6.10 Å². The number of imide groups is 1. The number of likely N-dealkylation sites (N-methyl/N-ethyl adjacent to an activating group) is 1. The van der Waals surface area contributed by atoms with Crippen LogP contribution in [0.15, 0.2) is 0 Å². The normalized spacial score (nSPS) is 31.0. The molecule has 17 heavy (non-hydrogen) atoms. The molecule has 2 rings (SSSR count). The predicted molar refractivity (Wildman–Crippen MR) is 55.1 cm³/mol. The number of amides is 2. The third kappa shape index (κ3) is 2.16. The highest BCUT2D eigenvalue weighted by molar-refractivity contribution is 6.05. The number of morpholine rings is 1. The van der Waals surface area contributed by atoms with E-state index < -0.39 is 18.1 Å². The number of likely N-dealkylation sites (tertiary alicyclic amines) is 1. The van der Waals surface area contributed by atoms with Crippen LogP contribution in [-0.2, 0) is 19.1 Å². The minimum Gasteiger partial charge on any atom is -0.479 e. The smallest absolute Gasteiger partial charge is 0.334 e. The van der Waals surface area contributed by atoms with Crippen molar-refractivity contribution in [2.24, 2.45) is 0 Å². The maximum Gasteiger partial charge on any atom is 0.334 e. The van der Waals surface area contributed by atoms with Crippen molar-refractivity contribution in [3.05, 3.63) is 0 Å².